The second kappa shape index (κ2) is 15.7. The van der Waals surface area contributed by atoms with E-state index in [4.69, 9.17) is 17.3 Å². The third kappa shape index (κ3) is 8.29. The number of hydrogen-bond donors (Lipinski definition) is 2. The Morgan fingerprint density at radius 2 is 1.68 bits per heavy atom. The molecular weight excluding hydrogens is 568 g/mol. The molecule has 2 fully saturated rings. The van der Waals surface area contributed by atoms with Crippen LogP contribution in [0, 0.1) is 5.92 Å². The first-order chi connectivity index (χ1) is 21.4. The number of carbonyl (C=O) groups is 2. The molecule has 7 heteroatoms. The molecule has 0 aromatic heterocycles. The lowest BCUT2D eigenvalue weighted by Crippen LogP contribution is -2.49. The molecule has 1 unspecified atom stereocenters. The van der Waals surface area contributed by atoms with E-state index in [1.54, 1.807) is 0 Å². The summed E-state index contributed by atoms with van der Waals surface area (Å²) >= 11 is 6.14. The summed E-state index contributed by atoms with van der Waals surface area (Å²) in [6, 6.07) is 23.6. The van der Waals surface area contributed by atoms with Gasteiger partial charge in [-0.05, 0) is 85.0 Å². The van der Waals surface area contributed by atoms with Crippen molar-refractivity contribution in [3.63, 3.8) is 0 Å². The lowest BCUT2D eigenvalue weighted by molar-refractivity contribution is -0.136. The van der Waals surface area contributed by atoms with Crippen molar-refractivity contribution in [2.24, 2.45) is 11.7 Å². The average Bonchev–Trinajstić information content (AvgIpc) is 3.06. The minimum atomic E-state index is -0.135. The predicted molar refractivity (Wildman–Crippen MR) is 180 cm³/mol. The first-order valence-corrected chi connectivity index (χ1v) is 16.8. The number of piperidine rings is 1. The molecule has 6 nitrogen and oxygen atoms in total. The second-order valence-electron chi connectivity index (χ2n) is 12.5. The molecule has 234 valence electrons. The summed E-state index contributed by atoms with van der Waals surface area (Å²) in [6.45, 7) is 6.22. The third-order valence-corrected chi connectivity index (χ3v) is 9.70. The summed E-state index contributed by atoms with van der Waals surface area (Å²) in [5.41, 5.74) is 10.1. The maximum Gasteiger partial charge on any atom is 0.251 e. The van der Waals surface area contributed by atoms with Gasteiger partial charge in [0, 0.05) is 49.4 Å². The minimum absolute atomic E-state index is 0.122. The van der Waals surface area contributed by atoms with Crippen molar-refractivity contribution in [1.82, 2.24) is 15.1 Å². The smallest absolute Gasteiger partial charge is 0.251 e. The topological polar surface area (TPSA) is 78.7 Å². The van der Waals surface area contributed by atoms with Gasteiger partial charge in [0.2, 0.25) is 5.91 Å². The predicted octanol–water partition coefficient (Wildman–Crippen LogP) is 6.87. The van der Waals surface area contributed by atoms with Crippen molar-refractivity contribution >= 4 is 23.4 Å². The van der Waals surface area contributed by atoms with Crippen molar-refractivity contribution < 1.29 is 9.59 Å². The molecule has 5 rings (SSSR count). The molecule has 3 aromatic carbocycles. The molecule has 3 N–H and O–H groups in total. The highest BCUT2D eigenvalue weighted by Crippen LogP contribution is 2.33. The number of benzene rings is 3. The number of rotatable bonds is 11. The van der Waals surface area contributed by atoms with Crippen LogP contribution in [0.25, 0.3) is 11.1 Å². The lowest BCUT2D eigenvalue weighted by atomic mass is 9.88. The Morgan fingerprint density at radius 3 is 2.41 bits per heavy atom. The number of nitrogens with two attached hydrogens (primary N) is 1. The summed E-state index contributed by atoms with van der Waals surface area (Å²) in [7, 11) is 0. The standard InChI is InChI=1S/C37H47ClN4O2/c1-27(30-10-7-11-31(25-30)34-12-5-6-13-35(34)37(44)40-21-20-39)42(36(43)24-28-14-16-32(38)17-15-28)33-18-22-41(23-19-33)26-29-8-3-2-4-9-29/h5-7,10-17,25,27,29,33H,2-4,8-9,18-24,26,39H2,1H3,(H,40,44). The zero-order valence-electron chi connectivity index (χ0n) is 26.0. The number of hydrogen-bond acceptors (Lipinski definition) is 4. The molecule has 2 aliphatic rings. The van der Waals surface area contributed by atoms with Crippen LogP contribution in [0.3, 0.4) is 0 Å². The van der Waals surface area contributed by atoms with Crippen molar-refractivity contribution in [2.75, 3.05) is 32.7 Å². The highest BCUT2D eigenvalue weighted by atomic mass is 35.5. The van der Waals surface area contributed by atoms with Crippen LogP contribution in [0.2, 0.25) is 5.02 Å². The molecule has 3 aromatic rings. The van der Waals surface area contributed by atoms with Gasteiger partial charge in [0.25, 0.3) is 5.91 Å². The van der Waals surface area contributed by atoms with E-state index < -0.39 is 0 Å². The van der Waals surface area contributed by atoms with Crippen molar-refractivity contribution in [2.45, 2.75) is 70.4 Å². The maximum atomic E-state index is 14.1. The van der Waals surface area contributed by atoms with E-state index in [1.165, 1.54) is 38.6 Å². The van der Waals surface area contributed by atoms with E-state index in [2.05, 4.69) is 34.2 Å². The summed E-state index contributed by atoms with van der Waals surface area (Å²) in [4.78, 5) is 31.8. The normalized spacial score (nSPS) is 17.2. The van der Waals surface area contributed by atoms with E-state index in [0.29, 0.717) is 30.1 Å². The van der Waals surface area contributed by atoms with Crippen LogP contribution in [-0.4, -0.2) is 60.4 Å². The zero-order valence-corrected chi connectivity index (χ0v) is 26.8. The molecule has 1 aliphatic heterocycles. The molecule has 1 saturated heterocycles. The SMILES string of the molecule is CC(c1cccc(-c2ccccc2C(=O)NCCN)c1)N(C(=O)Cc1ccc(Cl)cc1)C1CCN(CC2CCCCC2)CC1. The van der Waals surface area contributed by atoms with Gasteiger partial charge in [-0.25, -0.2) is 0 Å². The Balaban J connectivity index is 1.37. The Bertz CT molecular complexity index is 1380. The average molecular weight is 615 g/mol. The second-order valence-corrected chi connectivity index (χ2v) is 13.0. The fourth-order valence-electron chi connectivity index (χ4n) is 7.06. The number of carbonyl (C=O) groups excluding carboxylic acids is 2. The monoisotopic (exact) mass is 614 g/mol. The molecule has 1 aliphatic carbocycles. The molecule has 0 bridgehead atoms. The highest BCUT2D eigenvalue weighted by Gasteiger charge is 2.33. The molecule has 44 heavy (non-hydrogen) atoms. The molecular formula is C37H47ClN4O2. The van der Waals surface area contributed by atoms with Gasteiger partial charge in [-0.15, -0.1) is 0 Å². The van der Waals surface area contributed by atoms with Gasteiger partial charge >= 0.3 is 0 Å². The quantitative estimate of drug-likeness (QED) is 0.247. The van der Waals surface area contributed by atoms with Crippen LogP contribution in [-0.2, 0) is 11.2 Å². The molecule has 1 saturated carbocycles. The Kier molecular flexibility index (Phi) is 11.5. The van der Waals surface area contributed by atoms with Crippen molar-refractivity contribution in [1.29, 1.82) is 0 Å². The van der Waals surface area contributed by atoms with Crippen LogP contribution >= 0.6 is 11.6 Å². The molecule has 1 heterocycles. The van der Waals surface area contributed by atoms with Crippen molar-refractivity contribution in [3.8, 4) is 11.1 Å². The van der Waals surface area contributed by atoms with E-state index in [0.717, 1.165) is 54.1 Å². The van der Waals surface area contributed by atoms with E-state index in [1.807, 2.05) is 60.7 Å². The highest BCUT2D eigenvalue weighted by molar-refractivity contribution is 6.30. The van der Waals surface area contributed by atoms with E-state index in [9.17, 15) is 9.59 Å². The van der Waals surface area contributed by atoms with Crippen LogP contribution in [0.1, 0.15) is 79.4 Å². The lowest BCUT2D eigenvalue weighted by Gasteiger charge is -2.43. The number of nitrogens with one attached hydrogen (secondary N) is 1. The van der Waals surface area contributed by atoms with Crippen LogP contribution in [0.15, 0.2) is 72.8 Å². The van der Waals surface area contributed by atoms with Gasteiger partial charge in [0.1, 0.15) is 0 Å². The minimum Gasteiger partial charge on any atom is -0.351 e. The Hall–Kier alpha value is -3.19. The first kappa shape index (κ1) is 32.2. The fourth-order valence-corrected chi connectivity index (χ4v) is 7.19. The van der Waals surface area contributed by atoms with E-state index in [-0.39, 0.29) is 23.9 Å². The molecule has 0 spiro atoms. The van der Waals surface area contributed by atoms with Gasteiger partial charge < -0.3 is 20.9 Å². The van der Waals surface area contributed by atoms with E-state index >= 15 is 0 Å². The molecule has 0 radical (unpaired) electrons. The van der Waals surface area contributed by atoms with Crippen LogP contribution in [0.5, 0.6) is 0 Å². The van der Waals surface area contributed by atoms with Crippen LogP contribution in [0.4, 0.5) is 0 Å². The largest absolute Gasteiger partial charge is 0.351 e. The number of likely N-dealkylation sites (tertiary alicyclic amines) is 1. The van der Waals surface area contributed by atoms with Crippen molar-refractivity contribution in [3.05, 3.63) is 94.5 Å². The fraction of sp³-hybridized carbons (Fsp3) is 0.459. The van der Waals surface area contributed by atoms with Gasteiger partial charge in [-0.1, -0.05) is 79.4 Å². The first-order valence-electron chi connectivity index (χ1n) is 16.4. The van der Waals surface area contributed by atoms with Gasteiger partial charge in [-0.2, -0.15) is 0 Å². The maximum absolute atomic E-state index is 14.1. The number of nitrogens with zero attached hydrogens (tertiary/aromatic N) is 2. The Morgan fingerprint density at radius 1 is 0.955 bits per heavy atom. The molecule has 2 amide bonds. The van der Waals surface area contributed by atoms with Gasteiger partial charge in [-0.3, -0.25) is 9.59 Å². The number of amides is 2. The Labute approximate surface area is 268 Å². The molecule has 1 atom stereocenters. The summed E-state index contributed by atoms with van der Waals surface area (Å²) < 4.78 is 0. The summed E-state index contributed by atoms with van der Waals surface area (Å²) in [6.07, 6.45) is 9.14. The van der Waals surface area contributed by atoms with Gasteiger partial charge in [0.15, 0.2) is 0 Å². The van der Waals surface area contributed by atoms with Crippen LogP contribution < -0.4 is 11.1 Å². The zero-order chi connectivity index (χ0) is 30.9. The summed E-state index contributed by atoms with van der Waals surface area (Å²) in [5, 5.41) is 3.57. The third-order valence-electron chi connectivity index (χ3n) is 9.45. The van der Waals surface area contributed by atoms with Gasteiger partial charge in [0.05, 0.1) is 12.5 Å². The number of halogens is 1. The summed E-state index contributed by atoms with van der Waals surface area (Å²) in [5.74, 6) is 0.826.